The minimum atomic E-state index is -1.13. The van der Waals surface area contributed by atoms with Gasteiger partial charge in [0.05, 0.1) is 18.4 Å². The molecule has 0 spiro atoms. The fourth-order valence-corrected chi connectivity index (χ4v) is 3.57. The number of oxazole rings is 1. The van der Waals surface area contributed by atoms with Crippen LogP contribution in [-0.4, -0.2) is 34.7 Å². The second-order valence-electron chi connectivity index (χ2n) is 8.63. The van der Waals surface area contributed by atoms with Gasteiger partial charge in [-0.1, -0.05) is 31.9 Å². The average molecular weight is 468 g/mol. The fraction of sp³-hybridized carbons (Fsp3) is 0.444. The first-order chi connectivity index (χ1) is 16.3. The van der Waals surface area contributed by atoms with Gasteiger partial charge in [0.25, 0.3) is 0 Å². The number of carboxylic acids is 1. The second kappa shape index (κ2) is 11.7. The number of ether oxygens (including phenoxy) is 2. The second-order valence-corrected chi connectivity index (χ2v) is 8.63. The normalized spacial score (nSPS) is 12.9. The van der Waals surface area contributed by atoms with E-state index in [4.69, 9.17) is 13.9 Å². The number of benzene rings is 2. The summed E-state index contributed by atoms with van der Waals surface area (Å²) < 4.78 is 16.8. The number of aromatic nitrogens is 1. The Labute approximate surface area is 200 Å². The van der Waals surface area contributed by atoms with Crippen LogP contribution in [0.2, 0.25) is 0 Å². The first kappa shape index (κ1) is 25.3. The summed E-state index contributed by atoms with van der Waals surface area (Å²) in [4.78, 5) is 27.9. The van der Waals surface area contributed by atoms with E-state index in [1.165, 1.54) is 0 Å². The van der Waals surface area contributed by atoms with Crippen molar-refractivity contribution in [1.29, 1.82) is 0 Å². The lowest BCUT2D eigenvalue weighted by Gasteiger charge is -2.15. The molecule has 0 saturated carbocycles. The van der Waals surface area contributed by atoms with Gasteiger partial charge in [0, 0.05) is 5.56 Å². The van der Waals surface area contributed by atoms with Crippen molar-refractivity contribution in [2.24, 2.45) is 5.92 Å². The zero-order valence-electron chi connectivity index (χ0n) is 20.3. The maximum absolute atomic E-state index is 12.0. The summed E-state index contributed by atoms with van der Waals surface area (Å²) in [7, 11) is 0. The molecule has 0 radical (unpaired) electrons. The van der Waals surface area contributed by atoms with Crippen molar-refractivity contribution in [2.75, 3.05) is 6.61 Å². The lowest BCUT2D eigenvalue weighted by atomic mass is 10.0. The van der Waals surface area contributed by atoms with E-state index in [1.54, 1.807) is 6.92 Å². The number of rotatable bonds is 12. The summed E-state index contributed by atoms with van der Waals surface area (Å²) in [5.41, 5.74) is 1.83. The topological polar surface area (TPSA) is 98.9 Å². The number of fused-ring (bicyclic) bond motifs is 1. The van der Waals surface area contributed by atoms with E-state index in [2.05, 4.69) is 11.1 Å². The molecule has 2 unspecified atom stereocenters. The van der Waals surface area contributed by atoms with Gasteiger partial charge < -0.3 is 19.0 Å². The summed E-state index contributed by atoms with van der Waals surface area (Å²) in [5.74, 6) is -0.658. The summed E-state index contributed by atoms with van der Waals surface area (Å²) >= 11 is 0. The molecular weight excluding hydrogens is 434 g/mol. The lowest BCUT2D eigenvalue weighted by Crippen LogP contribution is -2.28. The Morgan fingerprint density at radius 2 is 1.79 bits per heavy atom. The number of aliphatic carboxylic acids is 1. The van der Waals surface area contributed by atoms with E-state index in [0.717, 1.165) is 46.4 Å². The van der Waals surface area contributed by atoms with Crippen LogP contribution in [0.5, 0.6) is 5.75 Å². The zero-order valence-corrected chi connectivity index (χ0v) is 20.3. The molecule has 3 aromatic rings. The standard InChI is InChI=1S/C27H33NO6/c1-5-17(2)33-27(31)24(26(29)30)9-7-6-8-14-32-23-13-12-20-15-22(11-10-21(20)16-23)25-28-18(3)19(4)34-25/h10-13,15-17,24H,5-9,14H2,1-4H3,(H,29,30). The van der Waals surface area contributed by atoms with Crippen LogP contribution in [0.4, 0.5) is 0 Å². The van der Waals surface area contributed by atoms with Crippen molar-refractivity contribution in [2.45, 2.75) is 65.9 Å². The van der Waals surface area contributed by atoms with Gasteiger partial charge in [-0.15, -0.1) is 0 Å². The molecule has 2 atom stereocenters. The molecule has 0 aliphatic carbocycles. The molecule has 1 N–H and O–H groups in total. The molecule has 7 heteroatoms. The fourth-order valence-electron chi connectivity index (χ4n) is 3.57. The van der Waals surface area contributed by atoms with Gasteiger partial charge in [-0.2, -0.15) is 0 Å². The summed E-state index contributed by atoms with van der Waals surface area (Å²) in [6, 6.07) is 12.0. The molecule has 182 valence electrons. The highest BCUT2D eigenvalue weighted by molar-refractivity contribution is 5.94. The number of carbonyl (C=O) groups is 2. The number of unbranched alkanes of at least 4 members (excludes halogenated alkanes) is 2. The number of esters is 1. The Morgan fingerprint density at radius 1 is 1.06 bits per heavy atom. The van der Waals surface area contributed by atoms with E-state index < -0.39 is 17.9 Å². The zero-order chi connectivity index (χ0) is 24.7. The van der Waals surface area contributed by atoms with E-state index in [9.17, 15) is 14.7 Å². The number of hydrogen-bond acceptors (Lipinski definition) is 6. The van der Waals surface area contributed by atoms with E-state index in [1.807, 2.05) is 51.1 Å². The molecule has 0 aliphatic rings. The predicted molar refractivity (Wildman–Crippen MR) is 130 cm³/mol. The van der Waals surface area contributed by atoms with E-state index in [-0.39, 0.29) is 12.5 Å². The predicted octanol–water partition coefficient (Wildman–Crippen LogP) is 6.09. The van der Waals surface area contributed by atoms with E-state index in [0.29, 0.717) is 25.3 Å². The molecule has 34 heavy (non-hydrogen) atoms. The van der Waals surface area contributed by atoms with Crippen molar-refractivity contribution in [1.82, 2.24) is 4.98 Å². The first-order valence-corrected chi connectivity index (χ1v) is 11.8. The number of carboxylic acid groups (broad SMARTS) is 1. The molecule has 0 aliphatic heterocycles. The highest BCUT2D eigenvalue weighted by Crippen LogP contribution is 2.28. The van der Waals surface area contributed by atoms with Gasteiger partial charge in [-0.05, 0) is 75.1 Å². The maximum atomic E-state index is 12.0. The third kappa shape index (κ3) is 6.59. The van der Waals surface area contributed by atoms with Crippen molar-refractivity contribution in [3.63, 3.8) is 0 Å². The highest BCUT2D eigenvalue weighted by atomic mass is 16.5. The van der Waals surface area contributed by atoms with Gasteiger partial charge in [-0.25, -0.2) is 4.98 Å². The molecule has 0 saturated heterocycles. The van der Waals surface area contributed by atoms with Crippen LogP contribution >= 0.6 is 0 Å². The molecule has 1 aromatic heterocycles. The van der Waals surface area contributed by atoms with E-state index >= 15 is 0 Å². The number of hydrogen-bond donors (Lipinski definition) is 1. The van der Waals surface area contributed by atoms with Gasteiger partial charge in [0.1, 0.15) is 11.5 Å². The SMILES string of the molecule is CCC(C)OC(=O)C(CCCCCOc1ccc2cc(-c3nc(C)c(C)o3)ccc2c1)C(=O)O. The van der Waals surface area contributed by atoms with Crippen molar-refractivity contribution in [3.8, 4) is 17.2 Å². The van der Waals surface area contributed by atoms with Gasteiger partial charge in [0.15, 0.2) is 5.92 Å². The Morgan fingerprint density at radius 3 is 2.47 bits per heavy atom. The molecule has 0 amide bonds. The number of carbonyl (C=O) groups excluding carboxylic acids is 1. The van der Waals surface area contributed by atoms with Crippen LogP contribution in [0, 0.1) is 19.8 Å². The quantitative estimate of drug-likeness (QED) is 0.195. The summed E-state index contributed by atoms with van der Waals surface area (Å²) in [6.45, 7) is 8.01. The maximum Gasteiger partial charge on any atom is 0.320 e. The number of aryl methyl sites for hydroxylation is 2. The average Bonchev–Trinajstić information content (AvgIpc) is 3.15. The number of nitrogens with zero attached hydrogens (tertiary/aromatic N) is 1. The Kier molecular flexibility index (Phi) is 8.68. The Hall–Kier alpha value is -3.35. The van der Waals surface area contributed by atoms with Gasteiger partial charge in [-0.3, -0.25) is 9.59 Å². The first-order valence-electron chi connectivity index (χ1n) is 11.8. The molecule has 0 bridgehead atoms. The minimum Gasteiger partial charge on any atom is -0.494 e. The molecule has 2 aromatic carbocycles. The van der Waals surface area contributed by atoms with Gasteiger partial charge >= 0.3 is 11.9 Å². The van der Waals surface area contributed by atoms with Crippen LogP contribution in [-0.2, 0) is 14.3 Å². The highest BCUT2D eigenvalue weighted by Gasteiger charge is 2.28. The monoisotopic (exact) mass is 467 g/mol. The van der Waals surface area contributed by atoms with Crippen molar-refractivity contribution < 1.29 is 28.6 Å². The minimum absolute atomic E-state index is 0.270. The van der Waals surface area contributed by atoms with Crippen molar-refractivity contribution in [3.05, 3.63) is 47.9 Å². The van der Waals surface area contributed by atoms with Gasteiger partial charge in [0.2, 0.25) is 5.89 Å². The Bertz CT molecular complexity index is 1120. The third-order valence-electron chi connectivity index (χ3n) is 5.97. The molecule has 3 rings (SSSR count). The van der Waals surface area contributed by atoms with Crippen LogP contribution in [0.15, 0.2) is 40.8 Å². The molecule has 0 fully saturated rings. The third-order valence-corrected chi connectivity index (χ3v) is 5.97. The Balaban J connectivity index is 1.46. The molecular formula is C27H33NO6. The molecule has 7 nitrogen and oxygen atoms in total. The smallest absolute Gasteiger partial charge is 0.320 e. The van der Waals surface area contributed by atoms with Crippen LogP contribution < -0.4 is 4.74 Å². The summed E-state index contributed by atoms with van der Waals surface area (Å²) in [5, 5.41) is 11.5. The van der Waals surface area contributed by atoms with Crippen molar-refractivity contribution >= 4 is 22.7 Å². The molecule has 1 heterocycles. The summed E-state index contributed by atoms with van der Waals surface area (Å²) in [6.07, 6.45) is 2.82. The van der Waals surface area contributed by atoms with Crippen LogP contribution in [0.3, 0.4) is 0 Å². The van der Waals surface area contributed by atoms with Crippen LogP contribution in [0.25, 0.3) is 22.2 Å². The van der Waals surface area contributed by atoms with Crippen LogP contribution in [0.1, 0.15) is 57.4 Å². The largest absolute Gasteiger partial charge is 0.494 e. The lowest BCUT2D eigenvalue weighted by molar-refractivity contribution is -0.162.